The zero-order valence-corrected chi connectivity index (χ0v) is 13.4. The van der Waals surface area contributed by atoms with Crippen LogP contribution >= 0.6 is 0 Å². The van der Waals surface area contributed by atoms with E-state index in [1.54, 1.807) is 7.05 Å². The molecule has 1 heterocycles. The van der Waals surface area contributed by atoms with Gasteiger partial charge in [-0.3, -0.25) is 4.99 Å². The predicted octanol–water partition coefficient (Wildman–Crippen LogP) is 1.64. The van der Waals surface area contributed by atoms with E-state index in [1.165, 1.54) is 0 Å². The van der Waals surface area contributed by atoms with E-state index in [0.29, 0.717) is 17.9 Å². The second-order valence-corrected chi connectivity index (χ2v) is 5.83. The third-order valence-electron chi connectivity index (χ3n) is 3.72. The molecule has 1 aliphatic heterocycles. The fourth-order valence-electron chi connectivity index (χ4n) is 1.92. The van der Waals surface area contributed by atoms with Gasteiger partial charge < -0.3 is 20.1 Å². The number of nitrogens with one attached hydrogen (secondary N) is 2. The zero-order valence-electron chi connectivity index (χ0n) is 13.4. The van der Waals surface area contributed by atoms with Crippen LogP contribution in [-0.2, 0) is 9.47 Å². The molecule has 5 heteroatoms. The molecule has 1 fully saturated rings. The molecular weight excluding hydrogens is 254 g/mol. The highest BCUT2D eigenvalue weighted by molar-refractivity contribution is 5.79. The van der Waals surface area contributed by atoms with E-state index in [-0.39, 0.29) is 0 Å². The highest BCUT2D eigenvalue weighted by atomic mass is 16.5. The maximum absolute atomic E-state index is 5.67. The van der Waals surface area contributed by atoms with E-state index >= 15 is 0 Å². The van der Waals surface area contributed by atoms with Crippen LogP contribution in [0, 0.1) is 11.8 Å². The van der Waals surface area contributed by atoms with Crippen LogP contribution in [0.25, 0.3) is 0 Å². The molecule has 0 aliphatic carbocycles. The molecule has 0 saturated carbocycles. The van der Waals surface area contributed by atoms with Gasteiger partial charge in [0.25, 0.3) is 0 Å². The SMILES string of the molecule is CN=C(NCCCOCC1CCOC1)NC(C)C(C)C. The van der Waals surface area contributed by atoms with Crippen LogP contribution in [0.15, 0.2) is 4.99 Å². The number of hydrogen-bond donors (Lipinski definition) is 2. The summed E-state index contributed by atoms with van der Waals surface area (Å²) < 4.78 is 11.0. The molecule has 0 aromatic rings. The van der Waals surface area contributed by atoms with Crippen molar-refractivity contribution in [1.29, 1.82) is 0 Å². The van der Waals surface area contributed by atoms with Crippen LogP contribution in [0.3, 0.4) is 0 Å². The maximum Gasteiger partial charge on any atom is 0.191 e. The van der Waals surface area contributed by atoms with Crippen molar-refractivity contribution in [3.63, 3.8) is 0 Å². The molecule has 1 aliphatic rings. The van der Waals surface area contributed by atoms with Gasteiger partial charge in [0.15, 0.2) is 5.96 Å². The van der Waals surface area contributed by atoms with Crippen molar-refractivity contribution < 1.29 is 9.47 Å². The molecule has 0 aromatic heterocycles. The monoisotopic (exact) mass is 285 g/mol. The van der Waals surface area contributed by atoms with Gasteiger partial charge in [-0.2, -0.15) is 0 Å². The summed E-state index contributed by atoms with van der Waals surface area (Å²) in [7, 11) is 1.80. The lowest BCUT2D eigenvalue weighted by molar-refractivity contribution is 0.0888. The number of hydrogen-bond acceptors (Lipinski definition) is 3. The lowest BCUT2D eigenvalue weighted by Crippen LogP contribution is -2.44. The van der Waals surface area contributed by atoms with Gasteiger partial charge in [-0.15, -0.1) is 0 Å². The van der Waals surface area contributed by atoms with Gasteiger partial charge >= 0.3 is 0 Å². The molecule has 2 unspecified atom stereocenters. The fraction of sp³-hybridized carbons (Fsp3) is 0.933. The molecule has 0 amide bonds. The van der Waals surface area contributed by atoms with E-state index in [0.717, 1.165) is 51.8 Å². The van der Waals surface area contributed by atoms with Gasteiger partial charge in [0.2, 0.25) is 0 Å². The molecule has 1 saturated heterocycles. The average molecular weight is 285 g/mol. The standard InChI is InChI=1S/C15H31N3O2/c1-12(2)13(3)18-15(16-4)17-7-5-8-19-10-14-6-9-20-11-14/h12-14H,5-11H2,1-4H3,(H2,16,17,18). The summed E-state index contributed by atoms with van der Waals surface area (Å²) >= 11 is 0. The highest BCUT2D eigenvalue weighted by Gasteiger charge is 2.15. The van der Waals surface area contributed by atoms with Crippen molar-refractivity contribution in [2.24, 2.45) is 16.8 Å². The summed E-state index contributed by atoms with van der Waals surface area (Å²) in [6.07, 6.45) is 2.13. The number of guanidine groups is 1. The smallest absolute Gasteiger partial charge is 0.191 e. The Balaban J connectivity index is 2.01. The molecule has 2 N–H and O–H groups in total. The normalized spacial score (nSPS) is 21.2. The van der Waals surface area contributed by atoms with Crippen molar-refractivity contribution in [2.75, 3.05) is 40.0 Å². The van der Waals surface area contributed by atoms with E-state index in [1.807, 2.05) is 0 Å². The minimum absolute atomic E-state index is 0.416. The summed E-state index contributed by atoms with van der Waals surface area (Å²) in [5.74, 6) is 2.06. The van der Waals surface area contributed by atoms with E-state index in [9.17, 15) is 0 Å². The van der Waals surface area contributed by atoms with E-state index in [4.69, 9.17) is 9.47 Å². The number of ether oxygens (including phenoxy) is 2. The van der Waals surface area contributed by atoms with Crippen LogP contribution in [-0.4, -0.2) is 52.0 Å². The average Bonchev–Trinajstić information content (AvgIpc) is 2.94. The summed E-state index contributed by atoms with van der Waals surface area (Å²) in [5, 5.41) is 6.70. The third-order valence-corrected chi connectivity index (χ3v) is 3.72. The first kappa shape index (κ1) is 17.2. The quantitative estimate of drug-likeness (QED) is 0.404. The Bertz CT molecular complexity index is 276. The van der Waals surface area contributed by atoms with Crippen molar-refractivity contribution >= 4 is 5.96 Å². The first-order valence-corrected chi connectivity index (χ1v) is 7.76. The topological polar surface area (TPSA) is 54.9 Å². The van der Waals surface area contributed by atoms with E-state index < -0.39 is 0 Å². The van der Waals surface area contributed by atoms with Gasteiger partial charge in [0.05, 0.1) is 13.2 Å². The number of nitrogens with zero attached hydrogens (tertiary/aromatic N) is 1. The zero-order chi connectivity index (χ0) is 14.8. The van der Waals surface area contributed by atoms with Crippen molar-refractivity contribution in [3.8, 4) is 0 Å². The first-order valence-electron chi connectivity index (χ1n) is 7.76. The van der Waals surface area contributed by atoms with Gasteiger partial charge in [0.1, 0.15) is 0 Å². The van der Waals surface area contributed by atoms with Crippen molar-refractivity contribution in [2.45, 2.75) is 39.7 Å². The molecule has 5 nitrogen and oxygen atoms in total. The molecule has 0 aromatic carbocycles. The lowest BCUT2D eigenvalue weighted by atomic mass is 10.1. The fourth-order valence-corrected chi connectivity index (χ4v) is 1.92. The predicted molar refractivity (Wildman–Crippen MR) is 83.2 cm³/mol. The summed E-state index contributed by atoms with van der Waals surface area (Å²) in [6.45, 7) is 10.8. The lowest BCUT2D eigenvalue weighted by Gasteiger charge is -2.20. The van der Waals surface area contributed by atoms with Crippen molar-refractivity contribution in [3.05, 3.63) is 0 Å². The Morgan fingerprint density at radius 2 is 2.20 bits per heavy atom. The molecule has 0 radical (unpaired) electrons. The largest absolute Gasteiger partial charge is 0.381 e. The molecule has 20 heavy (non-hydrogen) atoms. The highest BCUT2D eigenvalue weighted by Crippen LogP contribution is 2.12. The summed E-state index contributed by atoms with van der Waals surface area (Å²) in [5.41, 5.74) is 0. The van der Waals surface area contributed by atoms with Crippen LogP contribution in [0.5, 0.6) is 0 Å². The number of rotatable bonds is 8. The Morgan fingerprint density at radius 1 is 1.40 bits per heavy atom. The molecular formula is C15H31N3O2. The van der Waals surface area contributed by atoms with Crippen molar-refractivity contribution in [1.82, 2.24) is 10.6 Å². The Morgan fingerprint density at radius 3 is 2.80 bits per heavy atom. The summed E-state index contributed by atoms with van der Waals surface area (Å²) in [4.78, 5) is 4.23. The van der Waals surface area contributed by atoms with Gasteiger partial charge in [-0.25, -0.2) is 0 Å². The second kappa shape index (κ2) is 10.00. The minimum Gasteiger partial charge on any atom is -0.381 e. The Hall–Kier alpha value is -0.810. The minimum atomic E-state index is 0.416. The molecule has 1 rings (SSSR count). The van der Waals surface area contributed by atoms with Crippen LogP contribution in [0.1, 0.15) is 33.6 Å². The first-order chi connectivity index (χ1) is 9.63. The van der Waals surface area contributed by atoms with Gasteiger partial charge in [-0.1, -0.05) is 13.8 Å². The summed E-state index contributed by atoms with van der Waals surface area (Å²) in [6, 6.07) is 0.416. The van der Waals surface area contributed by atoms with Crippen LogP contribution < -0.4 is 10.6 Å². The molecule has 0 bridgehead atoms. The maximum atomic E-state index is 5.67. The second-order valence-electron chi connectivity index (χ2n) is 5.83. The Labute approximate surface area is 123 Å². The molecule has 0 spiro atoms. The van der Waals surface area contributed by atoms with Gasteiger partial charge in [-0.05, 0) is 25.7 Å². The molecule has 2 atom stereocenters. The van der Waals surface area contributed by atoms with Crippen LogP contribution in [0.4, 0.5) is 0 Å². The number of aliphatic imine (C=N–C) groups is 1. The van der Waals surface area contributed by atoms with Crippen LogP contribution in [0.2, 0.25) is 0 Å². The van der Waals surface area contributed by atoms with Gasteiger partial charge in [0, 0.05) is 38.8 Å². The third kappa shape index (κ3) is 7.10. The molecule has 118 valence electrons. The Kier molecular flexibility index (Phi) is 8.62. The van der Waals surface area contributed by atoms with E-state index in [2.05, 4.69) is 36.4 Å².